The van der Waals surface area contributed by atoms with Gasteiger partial charge in [0.15, 0.2) is 4.80 Å². The fraction of sp³-hybridized carbons (Fsp3) is 0.240. The quantitative estimate of drug-likeness (QED) is 0.273. The van der Waals surface area contributed by atoms with Crippen molar-refractivity contribution in [2.24, 2.45) is 4.99 Å². The molecule has 11 heteroatoms. The second-order valence-corrected chi connectivity index (χ2v) is 8.77. The van der Waals surface area contributed by atoms with Gasteiger partial charge in [0, 0.05) is 17.7 Å². The molecule has 0 radical (unpaired) electrons. The Hall–Kier alpha value is -4.25. The summed E-state index contributed by atoms with van der Waals surface area (Å²) >= 11 is 1.12. The molecule has 1 aromatic heterocycles. The molecule has 3 aromatic rings. The number of fused-ring (bicyclic) bond motifs is 1. The van der Waals surface area contributed by atoms with Crippen molar-refractivity contribution >= 4 is 29.1 Å². The first-order valence-corrected chi connectivity index (χ1v) is 11.8. The lowest BCUT2D eigenvalue weighted by Crippen LogP contribution is -2.40. The number of carbonyl (C=O) groups is 1. The van der Waals surface area contributed by atoms with E-state index in [4.69, 9.17) is 14.2 Å². The number of hydrogen-bond donors (Lipinski definition) is 0. The summed E-state index contributed by atoms with van der Waals surface area (Å²) < 4.78 is 18.0. The van der Waals surface area contributed by atoms with Gasteiger partial charge in [0.2, 0.25) is 0 Å². The van der Waals surface area contributed by atoms with Gasteiger partial charge in [-0.15, -0.1) is 0 Å². The molecule has 36 heavy (non-hydrogen) atoms. The Balaban J connectivity index is 2.00. The molecule has 1 aliphatic rings. The Bertz CT molecular complexity index is 1570. The molecule has 186 valence electrons. The number of aromatic nitrogens is 1. The minimum absolute atomic E-state index is 0.0871. The Morgan fingerprint density at radius 2 is 2.00 bits per heavy atom. The number of methoxy groups -OCH3 is 2. The highest BCUT2D eigenvalue weighted by Gasteiger charge is 2.35. The van der Waals surface area contributed by atoms with Crippen LogP contribution in [-0.4, -0.2) is 36.3 Å². The van der Waals surface area contributed by atoms with Crippen LogP contribution in [-0.2, 0) is 9.53 Å². The first kappa shape index (κ1) is 24.9. The third-order valence-corrected chi connectivity index (χ3v) is 6.61. The van der Waals surface area contributed by atoms with Crippen LogP contribution < -0.4 is 24.4 Å². The molecule has 2 aromatic carbocycles. The molecule has 4 rings (SSSR count). The third-order valence-electron chi connectivity index (χ3n) is 5.63. The lowest BCUT2D eigenvalue weighted by atomic mass is 9.94. The summed E-state index contributed by atoms with van der Waals surface area (Å²) in [5.41, 5.74) is 1.14. The van der Waals surface area contributed by atoms with Crippen molar-refractivity contribution in [2.45, 2.75) is 19.9 Å². The zero-order valence-electron chi connectivity index (χ0n) is 20.0. The molecular weight excluding hydrogens is 486 g/mol. The van der Waals surface area contributed by atoms with Crippen LogP contribution in [0.3, 0.4) is 0 Å². The average Bonchev–Trinajstić information content (AvgIpc) is 3.17. The highest BCUT2D eigenvalue weighted by Crippen LogP contribution is 2.37. The summed E-state index contributed by atoms with van der Waals surface area (Å²) in [5.74, 6) is 0.370. The standard InChI is InChI=1S/C25H23N3O7S/c1-5-35-24(30)21-14(2)26-25-27(22(21)18-13-17(33-3)9-10-19(18)34-4)23(29)20(36-25)12-15-7-6-8-16(11-15)28(31)32/h6-13,22H,5H2,1-4H3/b20-12+/t22-/m1/s1. The van der Waals surface area contributed by atoms with E-state index in [2.05, 4.69) is 4.99 Å². The summed E-state index contributed by atoms with van der Waals surface area (Å²) in [6.45, 7) is 3.53. The monoisotopic (exact) mass is 509 g/mol. The van der Waals surface area contributed by atoms with Crippen molar-refractivity contribution in [3.63, 3.8) is 0 Å². The number of ether oxygens (including phenoxy) is 3. The topological polar surface area (TPSA) is 122 Å². The molecule has 0 amide bonds. The van der Waals surface area contributed by atoms with Gasteiger partial charge < -0.3 is 14.2 Å². The summed E-state index contributed by atoms with van der Waals surface area (Å²) in [7, 11) is 3.02. The molecule has 0 aliphatic carbocycles. The summed E-state index contributed by atoms with van der Waals surface area (Å²) in [6.07, 6.45) is 1.57. The van der Waals surface area contributed by atoms with Crippen LogP contribution in [0.2, 0.25) is 0 Å². The SMILES string of the molecule is CCOC(=O)C1=C(C)N=c2s/c(=C/c3cccc([N+](=O)[O-])c3)c(=O)n2[C@@H]1c1cc(OC)ccc1OC. The number of nitro benzene ring substituents is 1. The van der Waals surface area contributed by atoms with Gasteiger partial charge in [-0.1, -0.05) is 23.5 Å². The van der Waals surface area contributed by atoms with Gasteiger partial charge in [0.25, 0.3) is 11.2 Å². The molecule has 1 aliphatic heterocycles. The maximum atomic E-state index is 13.7. The molecule has 2 heterocycles. The van der Waals surface area contributed by atoms with Crippen LogP contribution in [0.4, 0.5) is 5.69 Å². The minimum Gasteiger partial charge on any atom is -0.497 e. The van der Waals surface area contributed by atoms with Crippen molar-refractivity contribution < 1.29 is 23.9 Å². The molecule has 1 atom stereocenters. The summed E-state index contributed by atoms with van der Waals surface area (Å²) in [6, 6.07) is 10.2. The van der Waals surface area contributed by atoms with Crippen LogP contribution >= 0.6 is 11.3 Å². The zero-order valence-corrected chi connectivity index (χ0v) is 20.8. The highest BCUT2D eigenvalue weighted by molar-refractivity contribution is 7.07. The summed E-state index contributed by atoms with van der Waals surface area (Å²) in [4.78, 5) is 42.4. The number of thiazole rings is 1. The van der Waals surface area contributed by atoms with E-state index in [0.717, 1.165) is 11.3 Å². The predicted molar refractivity (Wildman–Crippen MR) is 133 cm³/mol. The predicted octanol–water partition coefficient (Wildman–Crippen LogP) is 2.72. The van der Waals surface area contributed by atoms with E-state index in [1.54, 1.807) is 50.3 Å². The van der Waals surface area contributed by atoms with Crippen LogP contribution in [0, 0.1) is 10.1 Å². The fourth-order valence-electron chi connectivity index (χ4n) is 4.02. The summed E-state index contributed by atoms with van der Waals surface area (Å²) in [5, 5.41) is 11.2. The van der Waals surface area contributed by atoms with E-state index in [1.165, 1.54) is 30.9 Å². The van der Waals surface area contributed by atoms with Gasteiger partial charge in [0.05, 0.1) is 41.6 Å². The number of nitro groups is 1. The van der Waals surface area contributed by atoms with E-state index in [9.17, 15) is 19.7 Å². The highest BCUT2D eigenvalue weighted by atomic mass is 32.1. The molecule has 0 unspecified atom stereocenters. The average molecular weight is 510 g/mol. The van der Waals surface area contributed by atoms with Crippen LogP contribution in [0.15, 0.2) is 63.5 Å². The smallest absolute Gasteiger partial charge is 0.338 e. The van der Waals surface area contributed by atoms with Crippen LogP contribution in [0.25, 0.3) is 6.08 Å². The second kappa shape index (κ2) is 10.2. The number of esters is 1. The minimum atomic E-state index is -0.891. The Labute approximate surface area is 209 Å². The van der Waals surface area contributed by atoms with Crippen molar-refractivity contribution in [1.82, 2.24) is 4.57 Å². The van der Waals surface area contributed by atoms with Gasteiger partial charge in [-0.3, -0.25) is 19.5 Å². The van der Waals surface area contributed by atoms with Crippen LogP contribution in [0.1, 0.15) is 31.0 Å². The number of rotatable bonds is 7. The van der Waals surface area contributed by atoms with Crippen LogP contribution in [0.5, 0.6) is 11.5 Å². The molecule has 0 saturated carbocycles. The second-order valence-electron chi connectivity index (χ2n) is 7.76. The molecule has 0 spiro atoms. The zero-order chi connectivity index (χ0) is 26.0. The number of nitrogens with zero attached hydrogens (tertiary/aromatic N) is 3. The normalized spacial score (nSPS) is 15.2. The van der Waals surface area contributed by atoms with Gasteiger partial charge in [-0.25, -0.2) is 9.79 Å². The molecule has 0 bridgehead atoms. The Morgan fingerprint density at radius 3 is 2.67 bits per heavy atom. The van der Waals surface area contributed by atoms with Crippen molar-refractivity contribution in [1.29, 1.82) is 0 Å². The maximum Gasteiger partial charge on any atom is 0.338 e. The maximum absolute atomic E-state index is 13.7. The van der Waals surface area contributed by atoms with Gasteiger partial charge in [-0.2, -0.15) is 0 Å². The largest absolute Gasteiger partial charge is 0.497 e. The lowest BCUT2D eigenvalue weighted by molar-refractivity contribution is -0.384. The first-order valence-electron chi connectivity index (χ1n) is 10.9. The first-order chi connectivity index (χ1) is 17.3. The molecule has 0 N–H and O–H groups in total. The Kier molecular flexibility index (Phi) is 7.02. The fourth-order valence-corrected chi connectivity index (χ4v) is 5.06. The third kappa shape index (κ3) is 4.52. The molecule has 0 fully saturated rings. The number of allylic oxidation sites excluding steroid dienone is 1. The van der Waals surface area contributed by atoms with Gasteiger partial charge in [-0.05, 0) is 43.7 Å². The molecule has 0 saturated heterocycles. The van der Waals surface area contributed by atoms with E-state index < -0.39 is 22.5 Å². The molecular formula is C25H23N3O7S. The molecule has 10 nitrogen and oxygen atoms in total. The lowest BCUT2D eigenvalue weighted by Gasteiger charge is -2.26. The number of hydrogen-bond acceptors (Lipinski definition) is 9. The van der Waals surface area contributed by atoms with E-state index >= 15 is 0 Å². The number of carbonyl (C=O) groups excluding carboxylic acids is 1. The number of non-ortho nitro benzene ring substituents is 1. The van der Waals surface area contributed by atoms with Crippen molar-refractivity contribution in [3.05, 3.63) is 94.7 Å². The van der Waals surface area contributed by atoms with Gasteiger partial charge in [0.1, 0.15) is 17.5 Å². The van der Waals surface area contributed by atoms with E-state index in [0.29, 0.717) is 37.7 Å². The Morgan fingerprint density at radius 1 is 1.22 bits per heavy atom. The number of benzene rings is 2. The van der Waals surface area contributed by atoms with E-state index in [-0.39, 0.29) is 17.9 Å². The van der Waals surface area contributed by atoms with E-state index in [1.807, 2.05) is 0 Å². The van der Waals surface area contributed by atoms with Gasteiger partial charge >= 0.3 is 5.97 Å². The van der Waals surface area contributed by atoms with Crippen molar-refractivity contribution in [2.75, 3.05) is 20.8 Å². The van der Waals surface area contributed by atoms with Crippen molar-refractivity contribution in [3.8, 4) is 11.5 Å².